The van der Waals surface area contributed by atoms with Gasteiger partial charge in [-0.15, -0.1) is 0 Å². The highest BCUT2D eigenvalue weighted by Gasteiger charge is 2.26. The molecule has 1 aliphatic heterocycles. The molecule has 1 unspecified atom stereocenters. The molecule has 0 radical (unpaired) electrons. The van der Waals surface area contributed by atoms with Gasteiger partial charge in [-0.1, -0.05) is 29.8 Å². The third-order valence-electron chi connectivity index (χ3n) is 4.33. The van der Waals surface area contributed by atoms with Crippen LogP contribution in [-0.2, 0) is 11.3 Å². The molecule has 0 spiro atoms. The van der Waals surface area contributed by atoms with Gasteiger partial charge in [-0.05, 0) is 31.2 Å². The van der Waals surface area contributed by atoms with E-state index in [0.29, 0.717) is 19.7 Å². The third-order valence-corrected chi connectivity index (χ3v) is 4.66. The fourth-order valence-corrected chi connectivity index (χ4v) is 3.24. The fourth-order valence-electron chi connectivity index (χ4n) is 3.00. The Hall–Kier alpha value is -1.98. The number of carbonyl (C=O) groups is 1. The van der Waals surface area contributed by atoms with E-state index in [4.69, 9.17) is 16.3 Å². The van der Waals surface area contributed by atoms with Crippen LogP contribution in [0.25, 0.3) is 0 Å². The molecule has 1 aliphatic rings. The van der Waals surface area contributed by atoms with E-state index >= 15 is 0 Å². The third kappa shape index (κ3) is 3.91. The monoisotopic (exact) mass is 347 g/mol. The van der Waals surface area contributed by atoms with Crippen molar-refractivity contribution in [3.63, 3.8) is 0 Å². The molecule has 2 aromatic rings. The second-order valence-corrected chi connectivity index (χ2v) is 6.28. The lowest BCUT2D eigenvalue weighted by molar-refractivity contribution is -0.123. The number of carbonyl (C=O) groups excluding carboxylic acids is 1. The van der Waals surface area contributed by atoms with E-state index in [1.165, 1.54) is 0 Å². The molecule has 2 heterocycles. The molecule has 0 fully saturated rings. The van der Waals surface area contributed by atoms with Crippen LogP contribution in [0.15, 0.2) is 42.5 Å². The van der Waals surface area contributed by atoms with E-state index in [1.807, 2.05) is 42.5 Å². The fraction of sp³-hybridized carbons (Fsp3) is 0.389. The number of para-hydroxylation sites is 1. The van der Waals surface area contributed by atoms with Gasteiger partial charge in [0.1, 0.15) is 17.5 Å². The van der Waals surface area contributed by atoms with Crippen LogP contribution in [0.1, 0.15) is 18.7 Å². The molecule has 1 amide bonds. The first kappa shape index (κ1) is 16.9. The summed E-state index contributed by atoms with van der Waals surface area (Å²) >= 11 is 6.16. The van der Waals surface area contributed by atoms with E-state index in [2.05, 4.69) is 21.7 Å². The number of nitrogens with one attached hydrogen (secondary N) is 1. The summed E-state index contributed by atoms with van der Waals surface area (Å²) in [4.78, 5) is 14.3. The van der Waals surface area contributed by atoms with Crippen molar-refractivity contribution >= 4 is 17.5 Å². The second kappa shape index (κ2) is 7.73. The average Bonchev–Trinajstić information content (AvgIpc) is 2.97. The predicted molar refractivity (Wildman–Crippen MR) is 94.4 cm³/mol. The summed E-state index contributed by atoms with van der Waals surface area (Å²) in [5.74, 6) is 0.832. The van der Waals surface area contributed by atoms with Crippen LogP contribution in [0.4, 0.5) is 0 Å². The van der Waals surface area contributed by atoms with Crippen LogP contribution in [0.3, 0.4) is 0 Å². The van der Waals surface area contributed by atoms with Crippen molar-refractivity contribution in [2.75, 3.05) is 26.2 Å². The van der Waals surface area contributed by atoms with Crippen molar-refractivity contribution in [3.05, 3.63) is 53.3 Å². The van der Waals surface area contributed by atoms with Crippen molar-refractivity contribution in [3.8, 4) is 5.75 Å². The van der Waals surface area contributed by atoms with E-state index in [1.54, 1.807) is 0 Å². The van der Waals surface area contributed by atoms with Crippen LogP contribution >= 0.6 is 11.6 Å². The zero-order valence-electron chi connectivity index (χ0n) is 13.7. The Balaban J connectivity index is 1.42. The lowest BCUT2D eigenvalue weighted by atomic mass is 10.1. The van der Waals surface area contributed by atoms with Crippen LogP contribution in [-0.4, -0.2) is 41.6 Å². The van der Waals surface area contributed by atoms with Gasteiger partial charge in [0.25, 0.3) is 0 Å². The van der Waals surface area contributed by atoms with Crippen molar-refractivity contribution < 1.29 is 9.53 Å². The number of hydrogen-bond donors (Lipinski definition) is 1. The standard InChI is InChI=1S/C18H22ClN3O2/c1-14-16-7-8-17(19)22(16)11-10-21(14)13-18(23)20-9-12-24-15-5-3-2-4-6-15/h2-8,14H,9-13H2,1H3,(H,20,23). The SMILES string of the molecule is CC1c2ccc(Cl)n2CCN1CC(=O)NCCOc1ccccc1. The van der Waals surface area contributed by atoms with Gasteiger partial charge in [-0.2, -0.15) is 0 Å². The summed E-state index contributed by atoms with van der Waals surface area (Å²) in [5, 5.41) is 3.67. The highest BCUT2D eigenvalue weighted by molar-refractivity contribution is 6.29. The van der Waals surface area contributed by atoms with Gasteiger partial charge in [0.15, 0.2) is 0 Å². The van der Waals surface area contributed by atoms with Gasteiger partial charge in [0.05, 0.1) is 13.1 Å². The first-order valence-corrected chi connectivity index (χ1v) is 8.56. The highest BCUT2D eigenvalue weighted by Crippen LogP contribution is 2.28. The van der Waals surface area contributed by atoms with Crippen molar-refractivity contribution in [2.24, 2.45) is 0 Å². The molecule has 24 heavy (non-hydrogen) atoms. The van der Waals surface area contributed by atoms with Gasteiger partial charge < -0.3 is 14.6 Å². The Morgan fingerprint density at radius 2 is 2.04 bits per heavy atom. The molecule has 0 aliphatic carbocycles. The number of rotatable bonds is 6. The summed E-state index contributed by atoms with van der Waals surface area (Å²) in [6.45, 7) is 5.08. The minimum atomic E-state index is 0.0182. The van der Waals surface area contributed by atoms with E-state index in [0.717, 1.165) is 29.7 Å². The van der Waals surface area contributed by atoms with Gasteiger partial charge in [-0.3, -0.25) is 9.69 Å². The lowest BCUT2D eigenvalue weighted by Gasteiger charge is -2.34. The summed E-state index contributed by atoms with van der Waals surface area (Å²) in [5.41, 5.74) is 1.16. The Labute approximate surface area is 147 Å². The van der Waals surface area contributed by atoms with Crippen molar-refractivity contribution in [1.29, 1.82) is 0 Å². The number of fused-ring (bicyclic) bond motifs is 1. The second-order valence-electron chi connectivity index (χ2n) is 5.89. The van der Waals surface area contributed by atoms with E-state index in [-0.39, 0.29) is 11.9 Å². The number of halogens is 1. The van der Waals surface area contributed by atoms with Gasteiger partial charge in [0, 0.05) is 24.8 Å². The Morgan fingerprint density at radius 1 is 1.25 bits per heavy atom. The van der Waals surface area contributed by atoms with Crippen LogP contribution in [0, 0.1) is 0 Å². The largest absolute Gasteiger partial charge is 0.492 e. The zero-order valence-corrected chi connectivity index (χ0v) is 14.5. The molecule has 5 nitrogen and oxygen atoms in total. The molecule has 3 rings (SSSR count). The summed E-state index contributed by atoms with van der Waals surface area (Å²) < 4.78 is 7.68. The number of benzene rings is 1. The van der Waals surface area contributed by atoms with Crippen molar-refractivity contribution in [1.82, 2.24) is 14.8 Å². The number of ether oxygens (including phenoxy) is 1. The quantitative estimate of drug-likeness (QED) is 0.817. The zero-order chi connectivity index (χ0) is 16.9. The molecule has 0 saturated heterocycles. The number of amides is 1. The van der Waals surface area contributed by atoms with E-state index < -0.39 is 0 Å². The van der Waals surface area contributed by atoms with Gasteiger partial charge in [0.2, 0.25) is 5.91 Å². The maximum Gasteiger partial charge on any atom is 0.234 e. The lowest BCUT2D eigenvalue weighted by Crippen LogP contribution is -2.43. The Kier molecular flexibility index (Phi) is 5.43. The minimum Gasteiger partial charge on any atom is -0.492 e. The summed E-state index contributed by atoms with van der Waals surface area (Å²) in [7, 11) is 0. The molecule has 6 heteroatoms. The Morgan fingerprint density at radius 3 is 2.83 bits per heavy atom. The average molecular weight is 348 g/mol. The van der Waals surface area contributed by atoms with Crippen LogP contribution in [0.5, 0.6) is 5.75 Å². The van der Waals surface area contributed by atoms with E-state index in [9.17, 15) is 4.79 Å². The van der Waals surface area contributed by atoms with Gasteiger partial charge >= 0.3 is 0 Å². The molecule has 0 bridgehead atoms. The maximum atomic E-state index is 12.1. The molecule has 1 aromatic heterocycles. The number of nitrogens with zero attached hydrogens (tertiary/aromatic N) is 2. The van der Waals surface area contributed by atoms with Crippen LogP contribution in [0.2, 0.25) is 5.15 Å². The first-order valence-electron chi connectivity index (χ1n) is 8.18. The molecule has 0 saturated carbocycles. The molecule has 1 N–H and O–H groups in total. The molecule has 128 valence electrons. The minimum absolute atomic E-state index is 0.0182. The maximum absolute atomic E-state index is 12.1. The summed E-state index contributed by atoms with van der Waals surface area (Å²) in [6.07, 6.45) is 0. The Bertz CT molecular complexity index is 687. The molecular weight excluding hydrogens is 326 g/mol. The number of hydrogen-bond acceptors (Lipinski definition) is 3. The molecule has 1 atom stereocenters. The molecular formula is C18H22ClN3O2. The van der Waals surface area contributed by atoms with Gasteiger partial charge in [-0.25, -0.2) is 0 Å². The smallest absolute Gasteiger partial charge is 0.234 e. The predicted octanol–water partition coefficient (Wildman–Crippen LogP) is 2.71. The molecule has 1 aromatic carbocycles. The normalized spacial score (nSPS) is 17.3. The van der Waals surface area contributed by atoms with Crippen molar-refractivity contribution in [2.45, 2.75) is 19.5 Å². The van der Waals surface area contributed by atoms with Crippen LogP contribution < -0.4 is 10.1 Å². The topological polar surface area (TPSA) is 46.5 Å². The first-order chi connectivity index (χ1) is 11.6. The highest BCUT2D eigenvalue weighted by atomic mass is 35.5. The summed E-state index contributed by atoms with van der Waals surface area (Å²) in [6, 6.07) is 13.7. The number of aromatic nitrogens is 1.